The van der Waals surface area contributed by atoms with E-state index in [1.807, 2.05) is 0 Å². The third-order valence-corrected chi connectivity index (χ3v) is 3.66. The molecule has 2 rings (SSSR count). The van der Waals surface area contributed by atoms with Gasteiger partial charge in [-0.15, -0.1) is 0 Å². The Bertz CT molecular complexity index is 394. The molecule has 1 aliphatic carbocycles. The van der Waals surface area contributed by atoms with Crippen molar-refractivity contribution < 1.29 is 4.52 Å². The third-order valence-electron chi connectivity index (χ3n) is 3.66. The normalized spacial score (nSPS) is 24.5. The third kappa shape index (κ3) is 3.06. The molecule has 2 unspecified atom stereocenters. The second kappa shape index (κ2) is 5.81. The Kier molecular flexibility index (Phi) is 4.13. The van der Waals surface area contributed by atoms with Crippen LogP contribution in [0.2, 0.25) is 0 Å². The number of aryl methyl sites for hydroxylation is 1. The molecule has 1 aliphatic rings. The van der Waals surface area contributed by atoms with Gasteiger partial charge in [-0.25, -0.2) is 0 Å². The summed E-state index contributed by atoms with van der Waals surface area (Å²) in [5.74, 6) is 2.75. The van der Waals surface area contributed by atoms with Crippen molar-refractivity contribution in [1.82, 2.24) is 10.1 Å². The van der Waals surface area contributed by atoms with Crippen LogP contribution in [-0.4, -0.2) is 10.1 Å². The maximum absolute atomic E-state index is 8.51. The summed E-state index contributed by atoms with van der Waals surface area (Å²) in [6, 6.07) is 2.09. The number of nitrogens with zero attached hydrogens (tertiary/aromatic N) is 3. The SMILES string of the molecule is CCC1CCCC(c2noc(CCC#N)n2)C1. The van der Waals surface area contributed by atoms with Gasteiger partial charge in [-0.1, -0.05) is 31.3 Å². The van der Waals surface area contributed by atoms with E-state index in [0.29, 0.717) is 24.7 Å². The molecule has 1 heterocycles. The van der Waals surface area contributed by atoms with Crippen molar-refractivity contribution in [3.05, 3.63) is 11.7 Å². The van der Waals surface area contributed by atoms with Crippen LogP contribution in [0.4, 0.5) is 0 Å². The first-order chi connectivity index (χ1) is 8.33. The van der Waals surface area contributed by atoms with E-state index in [-0.39, 0.29) is 0 Å². The van der Waals surface area contributed by atoms with E-state index < -0.39 is 0 Å². The molecule has 0 spiro atoms. The highest BCUT2D eigenvalue weighted by molar-refractivity contribution is 4.98. The van der Waals surface area contributed by atoms with E-state index in [1.165, 1.54) is 32.1 Å². The summed E-state index contributed by atoms with van der Waals surface area (Å²) < 4.78 is 5.18. The second-order valence-corrected chi connectivity index (χ2v) is 4.84. The second-order valence-electron chi connectivity index (χ2n) is 4.84. The Morgan fingerprint density at radius 3 is 3.12 bits per heavy atom. The Morgan fingerprint density at radius 1 is 1.47 bits per heavy atom. The molecule has 1 aromatic rings. The summed E-state index contributed by atoms with van der Waals surface area (Å²) in [4.78, 5) is 4.41. The lowest BCUT2D eigenvalue weighted by molar-refractivity contribution is 0.298. The lowest BCUT2D eigenvalue weighted by Crippen LogP contribution is -2.14. The monoisotopic (exact) mass is 233 g/mol. The average molecular weight is 233 g/mol. The van der Waals surface area contributed by atoms with E-state index in [0.717, 1.165) is 11.7 Å². The number of aromatic nitrogens is 2. The van der Waals surface area contributed by atoms with Crippen LogP contribution in [0.3, 0.4) is 0 Å². The maximum Gasteiger partial charge on any atom is 0.227 e. The molecule has 0 saturated heterocycles. The lowest BCUT2D eigenvalue weighted by Gasteiger charge is -2.26. The van der Waals surface area contributed by atoms with E-state index in [4.69, 9.17) is 9.78 Å². The molecule has 17 heavy (non-hydrogen) atoms. The van der Waals surface area contributed by atoms with Crippen LogP contribution in [-0.2, 0) is 6.42 Å². The lowest BCUT2D eigenvalue weighted by atomic mass is 9.80. The predicted octanol–water partition coefficient (Wildman–Crippen LogP) is 3.21. The van der Waals surface area contributed by atoms with Crippen LogP contribution in [0.1, 0.15) is 63.1 Å². The van der Waals surface area contributed by atoms with Gasteiger partial charge in [0.1, 0.15) is 0 Å². The predicted molar refractivity (Wildman–Crippen MR) is 63.2 cm³/mol. The fourth-order valence-corrected chi connectivity index (χ4v) is 2.59. The van der Waals surface area contributed by atoms with Gasteiger partial charge in [-0.05, 0) is 18.8 Å². The molecule has 92 valence electrons. The van der Waals surface area contributed by atoms with Gasteiger partial charge in [0.2, 0.25) is 5.89 Å². The van der Waals surface area contributed by atoms with Crippen LogP contribution in [0.5, 0.6) is 0 Å². The van der Waals surface area contributed by atoms with Crippen molar-refractivity contribution in [3.63, 3.8) is 0 Å². The number of rotatable bonds is 4. The minimum atomic E-state index is 0.448. The average Bonchev–Trinajstić information content (AvgIpc) is 2.85. The molecule has 4 heteroatoms. The minimum Gasteiger partial charge on any atom is -0.339 e. The van der Waals surface area contributed by atoms with Crippen molar-refractivity contribution >= 4 is 0 Å². The van der Waals surface area contributed by atoms with Crippen molar-refractivity contribution in [1.29, 1.82) is 5.26 Å². The topological polar surface area (TPSA) is 62.7 Å². The van der Waals surface area contributed by atoms with Gasteiger partial charge in [-0.2, -0.15) is 10.2 Å². The van der Waals surface area contributed by atoms with Crippen molar-refractivity contribution in [2.45, 2.75) is 57.8 Å². The quantitative estimate of drug-likeness (QED) is 0.801. The van der Waals surface area contributed by atoms with Gasteiger partial charge in [0.25, 0.3) is 0 Å². The maximum atomic E-state index is 8.51. The summed E-state index contributed by atoms with van der Waals surface area (Å²) >= 11 is 0. The van der Waals surface area contributed by atoms with Gasteiger partial charge in [0.05, 0.1) is 6.07 Å². The molecule has 1 aromatic heterocycles. The Morgan fingerprint density at radius 2 is 2.35 bits per heavy atom. The van der Waals surface area contributed by atoms with Crippen LogP contribution in [0, 0.1) is 17.2 Å². The van der Waals surface area contributed by atoms with Crippen LogP contribution < -0.4 is 0 Å². The first kappa shape index (κ1) is 12.1. The zero-order valence-corrected chi connectivity index (χ0v) is 10.4. The summed E-state index contributed by atoms with van der Waals surface area (Å²) in [5, 5.41) is 12.6. The first-order valence-corrected chi connectivity index (χ1v) is 6.53. The zero-order chi connectivity index (χ0) is 12.1. The van der Waals surface area contributed by atoms with Crippen molar-refractivity contribution in [3.8, 4) is 6.07 Å². The molecule has 1 fully saturated rings. The molecule has 0 N–H and O–H groups in total. The molecular formula is C13H19N3O. The number of hydrogen-bond donors (Lipinski definition) is 0. The fraction of sp³-hybridized carbons (Fsp3) is 0.769. The summed E-state index contributed by atoms with van der Waals surface area (Å²) in [6.45, 7) is 2.25. The molecule has 0 amide bonds. The molecule has 0 radical (unpaired) electrons. The van der Waals surface area contributed by atoms with Crippen LogP contribution >= 0.6 is 0 Å². The largest absolute Gasteiger partial charge is 0.339 e. The smallest absolute Gasteiger partial charge is 0.227 e. The molecule has 4 nitrogen and oxygen atoms in total. The van der Waals surface area contributed by atoms with Gasteiger partial charge in [0, 0.05) is 18.8 Å². The summed E-state index contributed by atoms with van der Waals surface area (Å²) in [7, 11) is 0. The van der Waals surface area contributed by atoms with Gasteiger partial charge in [0.15, 0.2) is 5.82 Å². The van der Waals surface area contributed by atoms with Crippen molar-refractivity contribution in [2.75, 3.05) is 0 Å². The van der Waals surface area contributed by atoms with Crippen LogP contribution in [0.25, 0.3) is 0 Å². The number of nitriles is 1. The van der Waals surface area contributed by atoms with Crippen molar-refractivity contribution in [2.24, 2.45) is 5.92 Å². The summed E-state index contributed by atoms with van der Waals surface area (Å²) in [6.07, 6.45) is 7.24. The molecule has 0 aliphatic heterocycles. The molecule has 0 aromatic carbocycles. The fourth-order valence-electron chi connectivity index (χ4n) is 2.59. The van der Waals surface area contributed by atoms with Gasteiger partial charge < -0.3 is 4.52 Å². The zero-order valence-electron chi connectivity index (χ0n) is 10.4. The highest BCUT2D eigenvalue weighted by atomic mass is 16.5. The molecule has 1 saturated carbocycles. The highest BCUT2D eigenvalue weighted by Gasteiger charge is 2.25. The number of hydrogen-bond acceptors (Lipinski definition) is 4. The standard InChI is InChI=1S/C13H19N3O/c1-2-10-5-3-6-11(9-10)13-15-12(17-16-13)7-4-8-14/h10-11H,2-7,9H2,1H3. The first-order valence-electron chi connectivity index (χ1n) is 6.53. The van der Waals surface area contributed by atoms with E-state index in [2.05, 4.69) is 23.1 Å². The summed E-state index contributed by atoms with van der Waals surface area (Å²) in [5.41, 5.74) is 0. The highest BCUT2D eigenvalue weighted by Crippen LogP contribution is 2.36. The Balaban J connectivity index is 1.97. The minimum absolute atomic E-state index is 0.448. The molecule has 2 atom stereocenters. The molecule has 0 bridgehead atoms. The Hall–Kier alpha value is -1.37. The Labute approximate surface area is 102 Å². The van der Waals surface area contributed by atoms with Gasteiger partial charge in [-0.3, -0.25) is 0 Å². The van der Waals surface area contributed by atoms with Crippen LogP contribution in [0.15, 0.2) is 4.52 Å². The van der Waals surface area contributed by atoms with Gasteiger partial charge >= 0.3 is 0 Å². The van der Waals surface area contributed by atoms with E-state index in [1.54, 1.807) is 0 Å². The van der Waals surface area contributed by atoms with E-state index in [9.17, 15) is 0 Å². The van der Waals surface area contributed by atoms with E-state index >= 15 is 0 Å². The molecular weight excluding hydrogens is 214 g/mol.